The van der Waals surface area contributed by atoms with E-state index in [1.54, 1.807) is 18.2 Å². The number of para-hydroxylation sites is 1. The van der Waals surface area contributed by atoms with Crippen molar-refractivity contribution in [2.24, 2.45) is 5.16 Å². The van der Waals surface area contributed by atoms with Gasteiger partial charge in [-0.25, -0.2) is 8.78 Å². The molecule has 178 valence electrons. The van der Waals surface area contributed by atoms with E-state index in [1.807, 2.05) is 0 Å². The minimum Gasteiger partial charge on any atom is -0.494 e. The number of hydrogen-bond donors (Lipinski definition) is 1. The molecule has 1 saturated heterocycles. The lowest BCUT2D eigenvalue weighted by atomic mass is 10.0. The van der Waals surface area contributed by atoms with Crippen LogP contribution in [0.5, 0.6) is 11.5 Å². The predicted octanol–water partition coefficient (Wildman–Crippen LogP) is 3.65. The van der Waals surface area contributed by atoms with Crippen LogP contribution in [0.2, 0.25) is 0 Å². The average molecular weight is 469 g/mol. The van der Waals surface area contributed by atoms with Crippen LogP contribution in [0.3, 0.4) is 0 Å². The number of nitrogens with one attached hydrogen (secondary N) is 1. The normalized spacial score (nSPS) is 14.6. The van der Waals surface area contributed by atoms with Crippen LogP contribution < -0.4 is 20.3 Å². The molecule has 1 fully saturated rings. The minimum absolute atomic E-state index is 0.0486. The SMILES string of the molecule is COc1cccc(OC)c1-n1cc(C(=NOC2CCNCC2)c2ccc(F)cc2F)ccc1=O. The predicted molar refractivity (Wildman–Crippen MR) is 124 cm³/mol. The van der Waals surface area contributed by atoms with Crippen LogP contribution in [0.4, 0.5) is 8.78 Å². The number of halogens is 2. The van der Waals surface area contributed by atoms with Gasteiger partial charge < -0.3 is 19.6 Å². The van der Waals surface area contributed by atoms with Gasteiger partial charge in [0.2, 0.25) is 0 Å². The zero-order chi connectivity index (χ0) is 24.1. The topological polar surface area (TPSA) is 74.1 Å². The molecule has 4 rings (SSSR count). The molecule has 1 aromatic heterocycles. The molecular weight excluding hydrogens is 444 g/mol. The van der Waals surface area contributed by atoms with Crippen LogP contribution >= 0.6 is 0 Å². The third-order valence-corrected chi connectivity index (χ3v) is 5.59. The summed E-state index contributed by atoms with van der Waals surface area (Å²) in [6.07, 6.45) is 2.87. The van der Waals surface area contributed by atoms with Gasteiger partial charge in [0.25, 0.3) is 5.56 Å². The van der Waals surface area contributed by atoms with Crippen molar-refractivity contribution in [2.75, 3.05) is 27.3 Å². The smallest absolute Gasteiger partial charge is 0.255 e. The van der Waals surface area contributed by atoms with E-state index >= 15 is 0 Å². The second kappa shape index (κ2) is 10.5. The van der Waals surface area contributed by atoms with E-state index in [1.165, 1.54) is 43.2 Å². The summed E-state index contributed by atoms with van der Waals surface area (Å²) in [4.78, 5) is 18.6. The minimum atomic E-state index is -0.791. The summed E-state index contributed by atoms with van der Waals surface area (Å²) in [6, 6.07) is 11.2. The molecule has 0 bridgehead atoms. The zero-order valence-electron chi connectivity index (χ0n) is 18.9. The quantitative estimate of drug-likeness (QED) is 0.422. The van der Waals surface area contributed by atoms with Crippen molar-refractivity contribution in [3.63, 3.8) is 0 Å². The first-order chi connectivity index (χ1) is 16.5. The van der Waals surface area contributed by atoms with Crippen LogP contribution in [-0.4, -0.2) is 43.7 Å². The van der Waals surface area contributed by atoms with Crippen molar-refractivity contribution < 1.29 is 23.1 Å². The van der Waals surface area contributed by atoms with Crippen LogP contribution in [0.25, 0.3) is 5.69 Å². The molecule has 0 spiro atoms. The second-order valence-corrected chi connectivity index (χ2v) is 7.76. The molecular formula is C25H25F2N3O4. The highest BCUT2D eigenvalue weighted by Gasteiger charge is 2.20. The highest BCUT2D eigenvalue weighted by molar-refractivity contribution is 6.12. The molecule has 34 heavy (non-hydrogen) atoms. The molecule has 3 aromatic rings. The number of methoxy groups -OCH3 is 2. The van der Waals surface area contributed by atoms with Gasteiger partial charge >= 0.3 is 0 Å². The number of pyridine rings is 1. The maximum atomic E-state index is 14.8. The number of oxime groups is 1. The van der Waals surface area contributed by atoms with Gasteiger partial charge in [0.05, 0.1) is 14.2 Å². The van der Waals surface area contributed by atoms with Crippen LogP contribution in [-0.2, 0) is 4.84 Å². The first-order valence-electron chi connectivity index (χ1n) is 10.9. The van der Waals surface area contributed by atoms with Gasteiger partial charge in [0, 0.05) is 29.5 Å². The third-order valence-electron chi connectivity index (χ3n) is 5.59. The first-order valence-corrected chi connectivity index (χ1v) is 10.9. The number of hydrogen-bond acceptors (Lipinski definition) is 6. The molecule has 9 heteroatoms. The standard InChI is InChI=1S/C25H25F2N3O4/c1-32-21-4-3-5-22(33-2)25(21)30-15-16(6-9-23(30)31)24(19-8-7-17(26)14-20(19)27)29-34-18-10-12-28-13-11-18/h3-9,14-15,18,28H,10-13H2,1-2H3. The summed E-state index contributed by atoms with van der Waals surface area (Å²) in [7, 11) is 2.97. The van der Waals surface area contributed by atoms with Crippen molar-refractivity contribution in [2.45, 2.75) is 18.9 Å². The average Bonchev–Trinajstić information content (AvgIpc) is 2.86. The molecule has 1 N–H and O–H groups in total. The number of rotatable bonds is 7. The Balaban J connectivity index is 1.85. The molecule has 1 aliphatic heterocycles. The monoisotopic (exact) mass is 469 g/mol. The molecule has 0 atom stereocenters. The van der Waals surface area contributed by atoms with Gasteiger partial charge in [0.1, 0.15) is 40.6 Å². The van der Waals surface area contributed by atoms with Crippen LogP contribution in [0.1, 0.15) is 24.0 Å². The Bertz CT molecular complexity index is 1230. The maximum Gasteiger partial charge on any atom is 0.255 e. The van der Waals surface area contributed by atoms with Crippen LogP contribution in [0, 0.1) is 11.6 Å². The highest BCUT2D eigenvalue weighted by Crippen LogP contribution is 2.31. The first kappa shape index (κ1) is 23.4. The van der Waals surface area contributed by atoms with Gasteiger partial charge in [-0.3, -0.25) is 9.36 Å². The zero-order valence-corrected chi connectivity index (χ0v) is 18.9. The van der Waals surface area contributed by atoms with Crippen molar-refractivity contribution in [3.8, 4) is 17.2 Å². The number of benzene rings is 2. The van der Waals surface area contributed by atoms with Gasteiger partial charge in [-0.1, -0.05) is 11.2 Å². The Morgan fingerprint density at radius 2 is 1.74 bits per heavy atom. The summed E-state index contributed by atoms with van der Waals surface area (Å²) < 4.78 is 40.6. The second-order valence-electron chi connectivity index (χ2n) is 7.76. The molecule has 0 unspecified atom stereocenters. The summed E-state index contributed by atoms with van der Waals surface area (Å²) >= 11 is 0. The molecule has 0 radical (unpaired) electrons. The van der Waals surface area contributed by atoms with Crippen molar-refractivity contribution in [1.82, 2.24) is 9.88 Å². The summed E-state index contributed by atoms with van der Waals surface area (Å²) in [5, 5.41) is 7.52. The number of nitrogens with zero attached hydrogens (tertiary/aromatic N) is 2. The molecule has 0 saturated carbocycles. The molecule has 1 aliphatic rings. The van der Waals surface area contributed by atoms with E-state index in [0.717, 1.165) is 38.1 Å². The Labute approximate surface area is 195 Å². The van der Waals surface area contributed by atoms with E-state index in [2.05, 4.69) is 10.5 Å². The molecule has 0 aliphatic carbocycles. The summed E-state index contributed by atoms with van der Waals surface area (Å²) in [5.41, 5.74) is 0.612. The van der Waals surface area contributed by atoms with Crippen LogP contribution in [0.15, 0.2) is 64.7 Å². The van der Waals surface area contributed by atoms with E-state index in [9.17, 15) is 13.6 Å². The Hall–Kier alpha value is -3.72. The Morgan fingerprint density at radius 1 is 1.03 bits per heavy atom. The fourth-order valence-corrected chi connectivity index (χ4v) is 3.84. The lowest BCUT2D eigenvalue weighted by Gasteiger charge is -2.21. The molecule has 2 heterocycles. The summed E-state index contributed by atoms with van der Waals surface area (Å²) in [6.45, 7) is 1.58. The molecule has 7 nitrogen and oxygen atoms in total. The van der Waals surface area contributed by atoms with Gasteiger partial charge in [0.15, 0.2) is 0 Å². The van der Waals surface area contributed by atoms with E-state index in [-0.39, 0.29) is 22.9 Å². The lowest BCUT2D eigenvalue weighted by molar-refractivity contribution is 0.0378. The van der Waals surface area contributed by atoms with Crippen molar-refractivity contribution >= 4 is 5.71 Å². The fourth-order valence-electron chi connectivity index (χ4n) is 3.84. The highest BCUT2D eigenvalue weighted by atomic mass is 19.1. The maximum absolute atomic E-state index is 14.8. The van der Waals surface area contributed by atoms with Gasteiger partial charge in [-0.05, 0) is 56.3 Å². The van der Waals surface area contributed by atoms with Crippen molar-refractivity contribution in [3.05, 3.63) is 87.8 Å². The van der Waals surface area contributed by atoms with E-state index < -0.39 is 11.6 Å². The van der Waals surface area contributed by atoms with Gasteiger partial charge in [-0.2, -0.15) is 0 Å². The number of ether oxygens (including phenoxy) is 2. The largest absolute Gasteiger partial charge is 0.494 e. The summed E-state index contributed by atoms with van der Waals surface area (Å²) in [5.74, 6) is -0.670. The van der Waals surface area contributed by atoms with E-state index in [0.29, 0.717) is 22.7 Å². The lowest BCUT2D eigenvalue weighted by Crippen LogP contribution is -2.31. The Morgan fingerprint density at radius 3 is 2.38 bits per heavy atom. The number of piperidine rings is 1. The molecule has 2 aromatic carbocycles. The fraction of sp³-hybridized carbons (Fsp3) is 0.280. The van der Waals surface area contributed by atoms with Crippen molar-refractivity contribution in [1.29, 1.82) is 0 Å². The Kier molecular flexibility index (Phi) is 7.22. The number of aromatic nitrogens is 1. The molecule has 0 amide bonds. The van der Waals surface area contributed by atoms with Gasteiger partial charge in [-0.15, -0.1) is 0 Å². The third kappa shape index (κ3) is 4.94. The van der Waals surface area contributed by atoms with E-state index in [4.69, 9.17) is 14.3 Å².